The molecule has 0 N–H and O–H groups in total. The number of thiazole rings is 1. The van der Waals surface area contributed by atoms with Gasteiger partial charge in [0.15, 0.2) is 5.78 Å². The van der Waals surface area contributed by atoms with Gasteiger partial charge < -0.3 is 4.74 Å². The van der Waals surface area contributed by atoms with Gasteiger partial charge >= 0.3 is 0 Å². The van der Waals surface area contributed by atoms with Crippen molar-refractivity contribution in [1.82, 2.24) is 4.98 Å². The van der Waals surface area contributed by atoms with E-state index in [1.165, 1.54) is 7.11 Å². The van der Waals surface area contributed by atoms with Crippen LogP contribution in [0.5, 0.6) is 0 Å². The second-order valence-electron chi connectivity index (χ2n) is 4.52. The first-order valence-corrected chi connectivity index (χ1v) is 5.77. The Hall–Kier alpha value is -0.740. The molecule has 1 heterocycles. The van der Waals surface area contributed by atoms with Crippen molar-refractivity contribution in [2.24, 2.45) is 0 Å². The van der Waals surface area contributed by atoms with E-state index < -0.39 is 0 Å². The van der Waals surface area contributed by atoms with Crippen LogP contribution in [0.15, 0.2) is 5.38 Å². The Bertz CT molecular complexity index is 339. The summed E-state index contributed by atoms with van der Waals surface area (Å²) in [5, 5.41) is 2.90. The first-order chi connectivity index (χ1) is 6.93. The van der Waals surface area contributed by atoms with Gasteiger partial charge in [-0.05, 0) is 0 Å². The molecule has 0 fully saturated rings. The molecule has 0 amide bonds. The number of rotatable bonds is 4. The number of hydrogen-bond donors (Lipinski definition) is 0. The molecule has 0 aromatic carbocycles. The fourth-order valence-corrected chi connectivity index (χ4v) is 2.17. The van der Waals surface area contributed by atoms with E-state index in [9.17, 15) is 4.79 Å². The van der Waals surface area contributed by atoms with E-state index in [0.717, 1.165) is 10.7 Å². The van der Waals surface area contributed by atoms with Gasteiger partial charge in [-0.2, -0.15) is 0 Å². The van der Waals surface area contributed by atoms with E-state index >= 15 is 0 Å². The maximum absolute atomic E-state index is 11.3. The number of ether oxygens (including phenoxy) is 1. The molecule has 0 saturated heterocycles. The first kappa shape index (κ1) is 12.3. The fourth-order valence-electron chi connectivity index (χ4n) is 1.12. The Balaban J connectivity index is 2.65. The average Bonchev–Trinajstić information content (AvgIpc) is 2.52. The van der Waals surface area contributed by atoms with Crippen LogP contribution >= 0.6 is 11.3 Å². The summed E-state index contributed by atoms with van der Waals surface area (Å²) >= 11 is 1.54. The Morgan fingerprint density at radius 2 is 2.20 bits per heavy atom. The summed E-state index contributed by atoms with van der Waals surface area (Å²) in [6.07, 6.45) is 0.384. The molecule has 0 atom stereocenters. The summed E-state index contributed by atoms with van der Waals surface area (Å²) in [5.74, 6) is 0.0762. The Labute approximate surface area is 94.5 Å². The van der Waals surface area contributed by atoms with Crippen molar-refractivity contribution in [3.8, 4) is 0 Å². The van der Waals surface area contributed by atoms with Crippen LogP contribution in [0, 0.1) is 0 Å². The number of hydrogen-bond acceptors (Lipinski definition) is 4. The van der Waals surface area contributed by atoms with Crippen molar-refractivity contribution in [2.75, 3.05) is 13.7 Å². The Morgan fingerprint density at radius 1 is 1.53 bits per heavy atom. The van der Waals surface area contributed by atoms with Crippen LogP contribution in [0.2, 0.25) is 0 Å². The quantitative estimate of drug-likeness (QED) is 0.791. The summed E-state index contributed by atoms with van der Waals surface area (Å²) in [7, 11) is 1.53. The molecule has 0 bridgehead atoms. The van der Waals surface area contributed by atoms with Crippen LogP contribution in [0.1, 0.15) is 31.5 Å². The maximum atomic E-state index is 11.3. The second kappa shape index (κ2) is 4.86. The molecule has 0 spiro atoms. The lowest BCUT2D eigenvalue weighted by Gasteiger charge is -2.14. The topological polar surface area (TPSA) is 39.2 Å². The summed E-state index contributed by atoms with van der Waals surface area (Å²) in [6.45, 7) is 6.51. The van der Waals surface area contributed by atoms with Gasteiger partial charge in [0.2, 0.25) is 0 Å². The highest BCUT2D eigenvalue weighted by molar-refractivity contribution is 7.09. The molecular formula is C11H17NO2S. The second-order valence-corrected chi connectivity index (χ2v) is 5.47. The Kier molecular flexibility index (Phi) is 3.99. The van der Waals surface area contributed by atoms with Crippen LogP contribution in [-0.2, 0) is 21.4 Å². The lowest BCUT2D eigenvalue weighted by molar-refractivity contribution is -0.121. The molecule has 84 valence electrons. The van der Waals surface area contributed by atoms with Crippen LogP contribution in [0.4, 0.5) is 0 Å². The van der Waals surface area contributed by atoms with Crippen molar-refractivity contribution in [3.05, 3.63) is 16.1 Å². The minimum Gasteiger partial charge on any atom is -0.377 e. The highest BCUT2D eigenvalue weighted by Crippen LogP contribution is 2.24. The average molecular weight is 227 g/mol. The minimum absolute atomic E-state index is 0.0546. The number of carbonyl (C=O) groups is 1. The lowest BCUT2D eigenvalue weighted by Crippen LogP contribution is -2.13. The van der Waals surface area contributed by atoms with Gasteiger partial charge in [0, 0.05) is 17.9 Å². The molecule has 0 radical (unpaired) electrons. The van der Waals surface area contributed by atoms with E-state index in [1.54, 1.807) is 11.3 Å². The van der Waals surface area contributed by atoms with Crippen molar-refractivity contribution in [2.45, 2.75) is 32.6 Å². The van der Waals surface area contributed by atoms with Crippen LogP contribution < -0.4 is 0 Å². The third-order valence-corrected chi connectivity index (χ3v) is 2.82. The number of methoxy groups -OCH3 is 1. The van der Waals surface area contributed by atoms with E-state index in [4.69, 9.17) is 4.74 Å². The number of Topliss-reactive ketones (excluding diaryl/α,β-unsaturated/α-hetero) is 1. The van der Waals surface area contributed by atoms with Crippen molar-refractivity contribution >= 4 is 17.1 Å². The molecule has 15 heavy (non-hydrogen) atoms. The maximum Gasteiger partial charge on any atom is 0.165 e. The standard InChI is InChI=1S/C11H17NO2S/c1-11(2,3)9-7-15-10(12-9)5-8(13)6-14-4/h7H,5-6H2,1-4H3. The molecule has 0 unspecified atom stereocenters. The first-order valence-electron chi connectivity index (χ1n) is 4.89. The molecule has 3 nitrogen and oxygen atoms in total. The molecule has 0 aliphatic heterocycles. The summed E-state index contributed by atoms with van der Waals surface area (Å²) in [4.78, 5) is 15.8. The molecular weight excluding hydrogens is 210 g/mol. The highest BCUT2D eigenvalue weighted by Gasteiger charge is 2.18. The lowest BCUT2D eigenvalue weighted by atomic mass is 9.93. The third kappa shape index (κ3) is 3.72. The van der Waals surface area contributed by atoms with Crippen molar-refractivity contribution in [1.29, 1.82) is 0 Å². The van der Waals surface area contributed by atoms with E-state index in [-0.39, 0.29) is 17.8 Å². The van der Waals surface area contributed by atoms with Gasteiger partial charge in [0.1, 0.15) is 11.6 Å². The van der Waals surface area contributed by atoms with Crippen LogP contribution in [0.3, 0.4) is 0 Å². The predicted molar refractivity (Wildman–Crippen MR) is 61.4 cm³/mol. The number of aromatic nitrogens is 1. The zero-order valence-corrected chi connectivity index (χ0v) is 10.5. The largest absolute Gasteiger partial charge is 0.377 e. The van der Waals surface area contributed by atoms with Gasteiger partial charge in [-0.25, -0.2) is 4.98 Å². The molecule has 0 aliphatic rings. The number of ketones is 1. The summed E-state index contributed by atoms with van der Waals surface area (Å²) in [5.41, 5.74) is 1.10. The fraction of sp³-hybridized carbons (Fsp3) is 0.636. The van der Waals surface area contributed by atoms with Gasteiger partial charge in [0.25, 0.3) is 0 Å². The van der Waals surface area contributed by atoms with Gasteiger partial charge in [-0.3, -0.25) is 4.79 Å². The molecule has 0 aliphatic carbocycles. The van der Waals surface area contributed by atoms with Crippen LogP contribution in [0.25, 0.3) is 0 Å². The van der Waals surface area contributed by atoms with Crippen LogP contribution in [-0.4, -0.2) is 24.5 Å². The minimum atomic E-state index is 0.0546. The third-order valence-electron chi connectivity index (χ3n) is 1.97. The molecule has 4 heteroatoms. The normalized spacial score (nSPS) is 11.7. The zero-order chi connectivity index (χ0) is 11.5. The number of carbonyl (C=O) groups excluding carboxylic acids is 1. The Morgan fingerprint density at radius 3 is 2.67 bits per heavy atom. The SMILES string of the molecule is COCC(=O)Cc1nc(C(C)(C)C)cs1. The van der Waals surface area contributed by atoms with E-state index in [2.05, 4.69) is 25.8 Å². The number of nitrogens with zero attached hydrogens (tertiary/aromatic N) is 1. The van der Waals surface area contributed by atoms with Crippen molar-refractivity contribution in [3.63, 3.8) is 0 Å². The summed E-state index contributed by atoms with van der Waals surface area (Å²) in [6, 6.07) is 0. The zero-order valence-electron chi connectivity index (χ0n) is 9.66. The van der Waals surface area contributed by atoms with Gasteiger partial charge in [0.05, 0.1) is 12.1 Å². The van der Waals surface area contributed by atoms with Gasteiger partial charge in [-0.15, -0.1) is 11.3 Å². The molecule has 1 aromatic rings. The van der Waals surface area contributed by atoms with Crippen molar-refractivity contribution < 1.29 is 9.53 Å². The smallest absolute Gasteiger partial charge is 0.165 e. The molecule has 0 saturated carbocycles. The van der Waals surface area contributed by atoms with E-state index in [0.29, 0.717) is 6.42 Å². The summed E-state index contributed by atoms with van der Waals surface area (Å²) < 4.78 is 4.78. The highest BCUT2D eigenvalue weighted by atomic mass is 32.1. The molecule has 1 rings (SSSR count). The van der Waals surface area contributed by atoms with E-state index in [1.807, 2.05) is 5.38 Å². The van der Waals surface area contributed by atoms with Gasteiger partial charge in [-0.1, -0.05) is 20.8 Å². The monoisotopic (exact) mass is 227 g/mol. The predicted octanol–water partition coefficient (Wildman–Crippen LogP) is 2.20. The molecule has 1 aromatic heterocycles.